The second-order valence-electron chi connectivity index (χ2n) is 7.16. The Hall–Kier alpha value is -2.47. The third-order valence-electron chi connectivity index (χ3n) is 4.48. The molecule has 1 aromatic carbocycles. The summed E-state index contributed by atoms with van der Waals surface area (Å²) in [5.74, 6) is 0.279. The first-order chi connectivity index (χ1) is 16.8. The van der Waals surface area contributed by atoms with Crippen LogP contribution in [0.4, 0.5) is 5.95 Å². The Morgan fingerprint density at radius 1 is 1.34 bits per heavy atom. The van der Waals surface area contributed by atoms with E-state index >= 15 is 0 Å². The first kappa shape index (κ1) is 27.1. The zero-order valence-electron chi connectivity index (χ0n) is 18.7. The molecule has 3 rings (SSSR count). The largest absolute Gasteiger partial charge is 0.369 e. The van der Waals surface area contributed by atoms with Gasteiger partial charge in [0.25, 0.3) is 5.56 Å². The van der Waals surface area contributed by atoms with E-state index < -0.39 is 13.2 Å². The van der Waals surface area contributed by atoms with Crippen molar-refractivity contribution in [3.63, 3.8) is 0 Å². The Labute approximate surface area is 210 Å². The van der Waals surface area contributed by atoms with E-state index in [1.54, 1.807) is 28.8 Å². The summed E-state index contributed by atoms with van der Waals surface area (Å²) in [6.45, 7) is 3.94. The maximum absolute atomic E-state index is 13.3. The smallest absolute Gasteiger partial charge is 0.356 e. The van der Waals surface area contributed by atoms with Crippen LogP contribution in [0.1, 0.15) is 12.0 Å². The number of rotatable bonds is 14. The number of ether oxygens (including phenoxy) is 1. The number of fused-ring (bicyclic) bond motifs is 1. The molecule has 0 saturated carbocycles. The maximum atomic E-state index is 13.3. The lowest BCUT2D eigenvalue weighted by Crippen LogP contribution is -2.13. The van der Waals surface area contributed by atoms with Crippen LogP contribution in [0.5, 0.6) is 0 Å². The number of hydrogen-bond donors (Lipinski definition) is 2. The van der Waals surface area contributed by atoms with E-state index in [0.29, 0.717) is 16.4 Å². The van der Waals surface area contributed by atoms with Gasteiger partial charge in [-0.3, -0.25) is 19.1 Å². The summed E-state index contributed by atoms with van der Waals surface area (Å²) in [6, 6.07) is 6.96. The van der Waals surface area contributed by atoms with Crippen molar-refractivity contribution in [1.82, 2.24) is 19.5 Å². The molecule has 14 heteroatoms. The topological polar surface area (TPSA) is 151 Å². The van der Waals surface area contributed by atoms with Gasteiger partial charge in [0.1, 0.15) is 6.35 Å². The molecule has 188 valence electrons. The number of H-pyrrole nitrogens is 1. The van der Waals surface area contributed by atoms with Gasteiger partial charge in [0.2, 0.25) is 5.95 Å². The van der Waals surface area contributed by atoms with E-state index in [1.165, 1.54) is 12.4 Å². The number of nitrogens with zero attached hydrogens (tertiary/aromatic N) is 3. The maximum Gasteiger partial charge on any atom is 0.356 e. The van der Waals surface area contributed by atoms with Gasteiger partial charge in [0, 0.05) is 23.7 Å². The van der Waals surface area contributed by atoms with E-state index in [4.69, 9.17) is 31.1 Å². The number of nitrogens with one attached hydrogen (secondary N) is 1. The molecule has 2 heterocycles. The molecule has 0 spiro atoms. The zero-order valence-corrected chi connectivity index (χ0v) is 21.2. The van der Waals surface area contributed by atoms with Gasteiger partial charge in [0.05, 0.1) is 26.1 Å². The van der Waals surface area contributed by atoms with Crippen molar-refractivity contribution in [1.29, 1.82) is 0 Å². The number of aromatic nitrogens is 4. The molecule has 0 fully saturated rings. The van der Waals surface area contributed by atoms with Gasteiger partial charge in [-0.15, -0.1) is 6.58 Å². The molecule has 1 atom stereocenters. The highest BCUT2D eigenvalue weighted by Gasteiger charge is 2.26. The van der Waals surface area contributed by atoms with Crippen LogP contribution in [0.15, 0.2) is 48.0 Å². The van der Waals surface area contributed by atoms with E-state index in [0.717, 1.165) is 17.3 Å². The van der Waals surface area contributed by atoms with Crippen LogP contribution in [0.3, 0.4) is 0 Å². The summed E-state index contributed by atoms with van der Waals surface area (Å²) in [5, 5.41) is 0.464. The van der Waals surface area contributed by atoms with Crippen molar-refractivity contribution in [2.45, 2.75) is 19.6 Å². The Morgan fingerprint density at radius 3 is 2.94 bits per heavy atom. The number of nitrogens with two attached hydrogens (primary N) is 1. The monoisotopic (exact) mass is 541 g/mol. The number of anilines is 1. The number of carbonyl (C=O) groups excluding carboxylic acids is 1. The van der Waals surface area contributed by atoms with E-state index in [-0.39, 0.29) is 55.7 Å². The predicted molar refractivity (Wildman–Crippen MR) is 135 cm³/mol. The second kappa shape index (κ2) is 13.0. The number of imidazole rings is 1. The van der Waals surface area contributed by atoms with Crippen molar-refractivity contribution in [3.8, 4) is 0 Å². The Kier molecular flexibility index (Phi) is 10.1. The molecule has 0 amide bonds. The minimum atomic E-state index is -3.67. The highest BCUT2D eigenvalue weighted by atomic mass is 35.5. The van der Waals surface area contributed by atoms with Gasteiger partial charge in [-0.1, -0.05) is 41.6 Å². The van der Waals surface area contributed by atoms with E-state index in [9.17, 15) is 14.2 Å². The fourth-order valence-electron chi connectivity index (χ4n) is 2.89. The standard InChI is InChI=1S/C21H25ClN5O6PS/c1-2-4-17(28)35-10-9-32-34(30,33-12-15-5-3-6-16(22)11-15)14-31-8-7-27-13-24-18-19(27)25-21(23)26-20(18)29/h2-3,5-6,11,13H,1,4,7-10,12,14H2,(H3,23,25,26,29). The Balaban J connectivity index is 1.57. The lowest BCUT2D eigenvalue weighted by atomic mass is 10.2. The Bertz CT molecular complexity index is 1280. The molecule has 1 unspecified atom stereocenters. The number of allylic oxidation sites excluding steroid dienone is 1. The lowest BCUT2D eigenvalue weighted by Gasteiger charge is -2.19. The lowest BCUT2D eigenvalue weighted by molar-refractivity contribution is -0.110. The van der Waals surface area contributed by atoms with Gasteiger partial charge in [-0.05, 0) is 17.7 Å². The van der Waals surface area contributed by atoms with Crippen LogP contribution < -0.4 is 11.3 Å². The molecule has 0 saturated heterocycles. The molecular formula is C21H25ClN5O6PS. The molecule has 0 aliphatic heterocycles. The minimum absolute atomic E-state index is 0.00185. The fraction of sp³-hybridized carbons (Fsp3) is 0.333. The van der Waals surface area contributed by atoms with Crippen LogP contribution in [-0.4, -0.2) is 49.9 Å². The number of aromatic amines is 1. The molecule has 0 aliphatic rings. The van der Waals surface area contributed by atoms with E-state index in [1.807, 2.05) is 0 Å². The third kappa shape index (κ3) is 8.31. The van der Waals surface area contributed by atoms with Crippen molar-refractivity contribution in [2.24, 2.45) is 0 Å². The van der Waals surface area contributed by atoms with Crippen LogP contribution in [0.2, 0.25) is 5.02 Å². The summed E-state index contributed by atoms with van der Waals surface area (Å²) >= 11 is 7.06. The molecule has 35 heavy (non-hydrogen) atoms. The number of carbonyl (C=O) groups is 1. The summed E-state index contributed by atoms with van der Waals surface area (Å²) in [5.41, 5.74) is 6.35. The molecule has 0 bridgehead atoms. The summed E-state index contributed by atoms with van der Waals surface area (Å²) < 4.78 is 31.6. The van der Waals surface area contributed by atoms with E-state index in [2.05, 4.69) is 21.5 Å². The predicted octanol–water partition coefficient (Wildman–Crippen LogP) is 3.59. The van der Waals surface area contributed by atoms with Crippen LogP contribution in [0.25, 0.3) is 11.2 Å². The molecule has 3 aromatic rings. The van der Waals surface area contributed by atoms with Crippen molar-refractivity contribution >= 4 is 53.2 Å². The van der Waals surface area contributed by atoms with Crippen molar-refractivity contribution in [2.75, 3.05) is 31.0 Å². The highest BCUT2D eigenvalue weighted by molar-refractivity contribution is 8.13. The highest BCUT2D eigenvalue weighted by Crippen LogP contribution is 2.49. The summed E-state index contributed by atoms with van der Waals surface area (Å²) in [6.07, 6.45) is 2.89. The molecule has 0 aliphatic carbocycles. The molecule has 2 aromatic heterocycles. The van der Waals surface area contributed by atoms with Crippen LogP contribution in [-0.2, 0) is 36.3 Å². The molecule has 11 nitrogen and oxygen atoms in total. The van der Waals surface area contributed by atoms with Gasteiger partial charge >= 0.3 is 7.60 Å². The van der Waals surface area contributed by atoms with Gasteiger partial charge in [-0.25, -0.2) is 4.98 Å². The van der Waals surface area contributed by atoms with Gasteiger partial charge in [0.15, 0.2) is 16.3 Å². The zero-order chi connectivity index (χ0) is 25.3. The van der Waals surface area contributed by atoms with Crippen LogP contribution >= 0.6 is 31.0 Å². The fourth-order valence-corrected chi connectivity index (χ4v) is 5.15. The number of nitrogen functional groups attached to an aromatic ring is 1. The van der Waals surface area contributed by atoms with Crippen molar-refractivity contribution in [3.05, 3.63) is 64.2 Å². The van der Waals surface area contributed by atoms with Gasteiger partial charge < -0.3 is 24.1 Å². The molecular weight excluding hydrogens is 517 g/mol. The summed E-state index contributed by atoms with van der Waals surface area (Å²) in [7, 11) is -3.67. The van der Waals surface area contributed by atoms with Crippen molar-refractivity contribution < 1.29 is 23.1 Å². The third-order valence-corrected chi connectivity index (χ3v) is 7.17. The number of benzene rings is 1. The number of halogens is 1. The first-order valence-corrected chi connectivity index (χ1v) is 13.6. The minimum Gasteiger partial charge on any atom is -0.369 e. The first-order valence-electron chi connectivity index (χ1n) is 10.5. The normalized spacial score (nSPS) is 13.1. The Morgan fingerprint density at radius 2 is 2.17 bits per heavy atom. The quantitative estimate of drug-likeness (QED) is 0.176. The van der Waals surface area contributed by atoms with Gasteiger partial charge in [-0.2, -0.15) is 4.98 Å². The number of thioether (sulfide) groups is 1. The SMILES string of the molecule is C=CCC(=O)SCCOP(=O)(COCCn1cnc2c(=O)[nH]c(N)nc21)OCc1cccc(Cl)c1. The average Bonchev–Trinajstić information content (AvgIpc) is 3.22. The average molecular weight is 542 g/mol. The second-order valence-corrected chi connectivity index (χ2v) is 10.7. The molecule has 0 radical (unpaired) electrons. The van der Waals surface area contributed by atoms with Crippen LogP contribution in [0, 0.1) is 0 Å². The number of hydrogen-bond acceptors (Lipinski definition) is 10. The molecule has 3 N–H and O–H groups in total. The summed E-state index contributed by atoms with van der Waals surface area (Å²) in [4.78, 5) is 34.0.